The summed E-state index contributed by atoms with van der Waals surface area (Å²) in [6.45, 7) is 7.32. The molecule has 7 nitrogen and oxygen atoms in total. The van der Waals surface area contributed by atoms with Gasteiger partial charge in [-0.05, 0) is 18.6 Å². The molecule has 0 aromatic heterocycles. The van der Waals surface area contributed by atoms with E-state index in [9.17, 15) is 9.90 Å². The molecule has 0 radical (unpaired) electrons. The third kappa shape index (κ3) is 4.64. The van der Waals surface area contributed by atoms with Gasteiger partial charge in [0.05, 0.1) is 6.10 Å². The monoisotopic (exact) mass is 366 g/mol. The van der Waals surface area contributed by atoms with E-state index in [4.69, 9.17) is 4.74 Å². The molecule has 8 heteroatoms. The summed E-state index contributed by atoms with van der Waals surface area (Å²) in [5.41, 5.74) is -0.220. The number of likely N-dealkylation sites (tertiary alicyclic amines) is 1. The van der Waals surface area contributed by atoms with E-state index in [-0.39, 0.29) is 23.2 Å². The smallest absolute Gasteiger partial charge is 0.319 e. The molecule has 3 atom stereocenters. The van der Waals surface area contributed by atoms with Crippen molar-refractivity contribution < 1.29 is 14.6 Å². The average Bonchev–Trinajstić information content (AvgIpc) is 3.24. The second-order valence-electron chi connectivity index (χ2n) is 7.37. The number of amides is 2. The van der Waals surface area contributed by atoms with E-state index in [2.05, 4.69) is 36.7 Å². The number of nitrogens with one attached hydrogen (secondary N) is 3. The predicted molar refractivity (Wildman–Crippen MR) is 98.0 cm³/mol. The van der Waals surface area contributed by atoms with Gasteiger partial charge in [-0.15, -0.1) is 0 Å². The Balaban J connectivity index is 1.42. The zero-order valence-corrected chi connectivity index (χ0v) is 15.6. The lowest BCUT2D eigenvalue weighted by molar-refractivity contribution is 0.123. The van der Waals surface area contributed by atoms with Gasteiger partial charge in [0.1, 0.15) is 5.76 Å². The Hall–Kier alpha value is -1.80. The fraction of sp³-hybridized carbons (Fsp3) is 0.588. The second-order valence-corrected chi connectivity index (χ2v) is 8.55. The maximum Gasteiger partial charge on any atom is 0.319 e. The summed E-state index contributed by atoms with van der Waals surface area (Å²) in [5.74, 6) is 0.936. The second kappa shape index (κ2) is 7.21. The van der Waals surface area contributed by atoms with E-state index in [1.165, 1.54) is 11.8 Å². The Morgan fingerprint density at radius 2 is 2.24 bits per heavy atom. The van der Waals surface area contributed by atoms with Gasteiger partial charge in [-0.25, -0.2) is 4.79 Å². The van der Waals surface area contributed by atoms with Crippen LogP contribution in [0.1, 0.15) is 27.2 Å². The van der Waals surface area contributed by atoms with Crippen LogP contribution >= 0.6 is 11.8 Å². The number of carbonyl (C=O) groups is 1. The number of hydrogen-bond donors (Lipinski definition) is 4. The molecule has 0 spiro atoms. The third-order valence-corrected chi connectivity index (χ3v) is 5.16. The van der Waals surface area contributed by atoms with Gasteiger partial charge in [0.2, 0.25) is 0 Å². The number of β-amino-alcohol motifs (C(OH)–C–C–N with tert-alkyl or cyclic N) is 1. The normalized spacial score (nSPS) is 29.1. The Morgan fingerprint density at radius 3 is 2.88 bits per heavy atom. The lowest BCUT2D eigenvalue weighted by atomic mass is 9.95. The molecule has 0 aromatic carbocycles. The first-order valence-electron chi connectivity index (χ1n) is 8.49. The Bertz CT molecular complexity index is 612. The minimum atomic E-state index is -0.405. The van der Waals surface area contributed by atoms with E-state index >= 15 is 0 Å². The summed E-state index contributed by atoms with van der Waals surface area (Å²) in [7, 11) is 0. The molecule has 1 fully saturated rings. The molecule has 3 heterocycles. The number of allylic oxidation sites excluding steroid dienone is 2. The van der Waals surface area contributed by atoms with Crippen molar-refractivity contribution >= 4 is 17.8 Å². The highest BCUT2D eigenvalue weighted by Crippen LogP contribution is 2.30. The highest BCUT2D eigenvalue weighted by molar-refractivity contribution is 8.04. The van der Waals surface area contributed by atoms with Gasteiger partial charge in [0.25, 0.3) is 0 Å². The van der Waals surface area contributed by atoms with E-state index in [1.54, 1.807) is 4.90 Å². The first-order chi connectivity index (χ1) is 11.8. The molecule has 25 heavy (non-hydrogen) atoms. The quantitative estimate of drug-likeness (QED) is 0.607. The van der Waals surface area contributed by atoms with Gasteiger partial charge in [-0.2, -0.15) is 0 Å². The molecule has 3 rings (SSSR count). The molecule has 3 unspecified atom stereocenters. The number of hydrogen-bond acceptors (Lipinski definition) is 6. The number of aliphatic hydroxyl groups is 1. The van der Waals surface area contributed by atoms with Crippen LogP contribution in [0.25, 0.3) is 0 Å². The zero-order chi connectivity index (χ0) is 18.0. The molecule has 0 bridgehead atoms. The number of urea groups is 1. The maximum absolute atomic E-state index is 12.1. The van der Waals surface area contributed by atoms with Crippen molar-refractivity contribution in [2.24, 2.45) is 5.41 Å². The topological polar surface area (TPSA) is 85.9 Å². The van der Waals surface area contributed by atoms with Crippen LogP contribution in [0.5, 0.6) is 0 Å². The Kier molecular flexibility index (Phi) is 5.19. The average molecular weight is 366 g/mol. The number of thioether (sulfide) groups is 1. The van der Waals surface area contributed by atoms with E-state index < -0.39 is 6.10 Å². The van der Waals surface area contributed by atoms with Crippen molar-refractivity contribution in [2.45, 2.75) is 45.0 Å². The van der Waals surface area contributed by atoms with Crippen molar-refractivity contribution in [3.8, 4) is 0 Å². The van der Waals surface area contributed by atoms with Gasteiger partial charge >= 0.3 is 6.03 Å². The number of carbonyl (C=O) groups excluding carboxylic acids is 1. The third-order valence-electron chi connectivity index (χ3n) is 4.14. The van der Waals surface area contributed by atoms with Gasteiger partial charge in [-0.1, -0.05) is 32.5 Å². The molecule has 3 aliphatic heterocycles. The van der Waals surface area contributed by atoms with Crippen molar-refractivity contribution in [3.05, 3.63) is 35.2 Å². The molecular formula is C17H26N4O3S. The van der Waals surface area contributed by atoms with E-state index in [0.29, 0.717) is 19.5 Å². The van der Waals surface area contributed by atoms with Crippen LogP contribution in [0.4, 0.5) is 4.79 Å². The molecule has 1 saturated heterocycles. The van der Waals surface area contributed by atoms with Gasteiger partial charge < -0.3 is 30.7 Å². The summed E-state index contributed by atoms with van der Waals surface area (Å²) >= 11 is 1.53. The summed E-state index contributed by atoms with van der Waals surface area (Å²) in [6, 6.07) is -0.153. The number of ether oxygens (including phenoxy) is 1. The number of nitrogens with zero attached hydrogens (tertiary/aromatic N) is 1. The summed E-state index contributed by atoms with van der Waals surface area (Å²) in [5, 5.41) is 18.7. The van der Waals surface area contributed by atoms with Crippen molar-refractivity contribution in [3.63, 3.8) is 0 Å². The van der Waals surface area contributed by atoms with Gasteiger partial charge in [-0.3, -0.25) is 0 Å². The number of aliphatic hydroxyl groups excluding tert-OH is 1. The van der Waals surface area contributed by atoms with Crippen LogP contribution in [0.2, 0.25) is 0 Å². The fourth-order valence-electron chi connectivity index (χ4n) is 2.68. The Morgan fingerprint density at radius 1 is 1.44 bits per heavy atom. The predicted octanol–water partition coefficient (Wildman–Crippen LogP) is 1.61. The van der Waals surface area contributed by atoms with Crippen molar-refractivity contribution in [2.75, 3.05) is 13.1 Å². The minimum Gasteiger partial charge on any atom is -0.469 e. The molecule has 4 N–H and O–H groups in total. The van der Waals surface area contributed by atoms with Crippen LogP contribution in [-0.2, 0) is 4.74 Å². The van der Waals surface area contributed by atoms with E-state index in [1.807, 2.05) is 24.6 Å². The summed E-state index contributed by atoms with van der Waals surface area (Å²) in [6.07, 6.45) is 7.78. The summed E-state index contributed by atoms with van der Waals surface area (Å²) in [4.78, 5) is 14.8. The minimum absolute atomic E-state index is 0.0168. The van der Waals surface area contributed by atoms with Crippen molar-refractivity contribution in [1.29, 1.82) is 0 Å². The molecule has 0 aliphatic carbocycles. The molecule has 2 amide bonds. The highest BCUT2D eigenvalue weighted by atomic mass is 32.2. The zero-order valence-electron chi connectivity index (χ0n) is 14.8. The molecule has 138 valence electrons. The van der Waals surface area contributed by atoms with Crippen molar-refractivity contribution in [1.82, 2.24) is 20.9 Å². The van der Waals surface area contributed by atoms with Crippen LogP contribution in [0.15, 0.2) is 35.2 Å². The van der Waals surface area contributed by atoms with Gasteiger partial charge in [0.15, 0.2) is 11.7 Å². The van der Waals surface area contributed by atoms with Gasteiger partial charge in [0, 0.05) is 35.8 Å². The van der Waals surface area contributed by atoms with Crippen LogP contribution < -0.4 is 16.0 Å². The SMILES string of the molecule is CC(C)(C)C1=CNC(/C=C/C2=CNC(NC(=O)N3CCC(O)C3)S2)O1. The van der Waals surface area contributed by atoms with Crippen LogP contribution in [0.3, 0.4) is 0 Å². The van der Waals surface area contributed by atoms with Crippen LogP contribution in [0, 0.1) is 5.41 Å². The molecule has 3 aliphatic rings. The van der Waals surface area contributed by atoms with Crippen LogP contribution in [-0.4, -0.2) is 47.0 Å². The first-order valence-corrected chi connectivity index (χ1v) is 9.37. The Labute approximate surface area is 152 Å². The first kappa shape index (κ1) is 18.0. The number of rotatable bonds is 3. The summed E-state index contributed by atoms with van der Waals surface area (Å²) < 4.78 is 5.86. The molecule has 0 aromatic rings. The standard InChI is InChI=1S/C17H26N4O3S/c1-17(2,3)13-9-18-14(24-13)5-4-12-8-19-15(25-12)20-16(23)21-7-6-11(22)10-21/h4-5,8-9,11,14-15,18-19,22H,6-7,10H2,1-3H3,(H,20,23)/b5-4+. The van der Waals surface area contributed by atoms with E-state index in [0.717, 1.165) is 10.7 Å². The molecular weight excluding hydrogens is 340 g/mol. The maximum atomic E-state index is 12.1. The lowest BCUT2D eigenvalue weighted by Crippen LogP contribution is -2.46. The lowest BCUT2D eigenvalue weighted by Gasteiger charge is -2.20. The largest absolute Gasteiger partial charge is 0.469 e. The molecule has 0 saturated carbocycles. The fourth-order valence-corrected chi connectivity index (χ4v) is 3.54. The highest BCUT2D eigenvalue weighted by Gasteiger charge is 2.28.